The van der Waals surface area contributed by atoms with Crippen molar-refractivity contribution in [3.63, 3.8) is 0 Å². The molecular formula is C17H8BrCl2F3N2O3. The normalized spacial score (nSPS) is 13.7. The second-order valence-electron chi connectivity index (χ2n) is 5.70. The van der Waals surface area contributed by atoms with Crippen LogP contribution in [-0.4, -0.2) is 35.5 Å². The Bertz CT molecular complexity index is 1010. The van der Waals surface area contributed by atoms with Gasteiger partial charge in [-0.3, -0.25) is 24.2 Å². The van der Waals surface area contributed by atoms with Gasteiger partial charge in [0, 0.05) is 10.2 Å². The predicted octanol–water partition coefficient (Wildman–Crippen LogP) is 4.90. The van der Waals surface area contributed by atoms with Gasteiger partial charge in [0.2, 0.25) is 0 Å². The number of nitrogens with zero attached hydrogens (tertiary/aromatic N) is 2. The number of hydrogen-bond acceptors (Lipinski definition) is 3. The van der Waals surface area contributed by atoms with E-state index < -0.39 is 30.6 Å². The molecule has 1 aliphatic rings. The van der Waals surface area contributed by atoms with Crippen molar-refractivity contribution in [3.8, 4) is 0 Å². The molecule has 0 atom stereocenters. The summed E-state index contributed by atoms with van der Waals surface area (Å²) in [6.45, 7) is -0.944. The molecule has 28 heavy (non-hydrogen) atoms. The highest BCUT2D eigenvalue weighted by Gasteiger charge is 2.46. The number of hydrogen-bond donors (Lipinski definition) is 0. The molecule has 1 aliphatic heterocycles. The fourth-order valence-electron chi connectivity index (χ4n) is 2.60. The van der Waals surface area contributed by atoms with Crippen LogP contribution in [0.15, 0.2) is 40.9 Å². The molecule has 11 heteroatoms. The summed E-state index contributed by atoms with van der Waals surface area (Å²) in [5.41, 5.74) is -0.218. The fourth-order valence-corrected chi connectivity index (χ4v) is 3.26. The van der Waals surface area contributed by atoms with Crippen LogP contribution in [-0.2, 0) is 4.79 Å². The van der Waals surface area contributed by atoms with Crippen LogP contribution in [0.1, 0.15) is 20.7 Å². The van der Waals surface area contributed by atoms with Crippen molar-refractivity contribution in [3.05, 3.63) is 62.0 Å². The third-order valence-corrected chi connectivity index (χ3v) is 5.15. The summed E-state index contributed by atoms with van der Waals surface area (Å²) in [7, 11) is 0. The summed E-state index contributed by atoms with van der Waals surface area (Å²) >= 11 is 14.8. The fraction of sp³-hybridized carbons (Fsp3) is 0.118. The summed E-state index contributed by atoms with van der Waals surface area (Å²) in [6.07, 6.45) is -5.24. The average Bonchev–Trinajstić information content (AvgIpc) is 2.84. The predicted molar refractivity (Wildman–Crippen MR) is 99.5 cm³/mol. The van der Waals surface area contributed by atoms with Crippen LogP contribution < -0.4 is 4.90 Å². The zero-order valence-electron chi connectivity index (χ0n) is 13.6. The Morgan fingerprint density at radius 3 is 2.25 bits per heavy atom. The third kappa shape index (κ3) is 3.74. The second-order valence-corrected chi connectivity index (χ2v) is 7.43. The van der Waals surface area contributed by atoms with Crippen molar-refractivity contribution in [2.75, 3.05) is 11.6 Å². The monoisotopic (exact) mass is 494 g/mol. The number of carbonyl (C=O) groups is 3. The molecular weight excluding hydrogens is 488 g/mol. The SMILES string of the molecule is O=C1c2ccc(Br)cc2C(=O)N1CN(C(=O)C(F)(F)F)c1ccc(Cl)c(Cl)c1. The first-order valence-electron chi connectivity index (χ1n) is 7.50. The van der Waals surface area contributed by atoms with Gasteiger partial charge in [0.15, 0.2) is 0 Å². The van der Waals surface area contributed by atoms with Crippen LogP contribution in [0, 0.1) is 0 Å². The summed E-state index contributed by atoms with van der Waals surface area (Å²) in [6, 6.07) is 7.65. The lowest BCUT2D eigenvalue weighted by molar-refractivity contribution is -0.170. The molecule has 0 bridgehead atoms. The van der Waals surface area contributed by atoms with E-state index in [0.717, 1.165) is 12.1 Å². The van der Waals surface area contributed by atoms with Gasteiger partial charge in [0.25, 0.3) is 11.8 Å². The second kappa shape index (κ2) is 7.38. The Labute approximate surface area is 174 Å². The van der Waals surface area contributed by atoms with Crippen molar-refractivity contribution in [1.29, 1.82) is 0 Å². The topological polar surface area (TPSA) is 57.7 Å². The van der Waals surface area contributed by atoms with Crippen molar-refractivity contribution < 1.29 is 27.6 Å². The minimum absolute atomic E-state index is 0.0212. The number of imide groups is 1. The minimum Gasteiger partial charge on any atom is -0.286 e. The lowest BCUT2D eigenvalue weighted by atomic mass is 10.1. The molecule has 0 spiro atoms. The average molecular weight is 496 g/mol. The number of fused-ring (bicyclic) bond motifs is 1. The molecule has 0 aromatic heterocycles. The van der Waals surface area contributed by atoms with E-state index in [1.807, 2.05) is 0 Å². The highest BCUT2D eigenvalue weighted by atomic mass is 79.9. The maximum atomic E-state index is 13.1. The molecule has 0 unspecified atom stereocenters. The van der Waals surface area contributed by atoms with Gasteiger partial charge in [-0.1, -0.05) is 39.1 Å². The quantitative estimate of drug-likeness (QED) is 0.569. The van der Waals surface area contributed by atoms with Crippen LogP contribution >= 0.6 is 39.1 Å². The van der Waals surface area contributed by atoms with Crippen LogP contribution in [0.3, 0.4) is 0 Å². The van der Waals surface area contributed by atoms with Crippen LogP contribution in [0.25, 0.3) is 0 Å². The lowest BCUT2D eigenvalue weighted by Gasteiger charge is -2.27. The van der Waals surface area contributed by atoms with E-state index in [0.29, 0.717) is 9.37 Å². The molecule has 2 aromatic carbocycles. The van der Waals surface area contributed by atoms with E-state index in [-0.39, 0.29) is 31.8 Å². The molecule has 0 saturated carbocycles. The molecule has 146 valence electrons. The first kappa shape index (κ1) is 20.6. The minimum atomic E-state index is -5.24. The van der Waals surface area contributed by atoms with E-state index in [2.05, 4.69) is 15.9 Å². The Balaban J connectivity index is 2.01. The summed E-state index contributed by atoms with van der Waals surface area (Å²) in [5.74, 6) is -3.89. The van der Waals surface area contributed by atoms with E-state index in [4.69, 9.17) is 23.2 Å². The summed E-state index contributed by atoms with van der Waals surface area (Å²) in [4.78, 5) is 37.8. The Kier molecular flexibility index (Phi) is 5.44. The largest absolute Gasteiger partial charge is 0.471 e. The first-order chi connectivity index (χ1) is 13.0. The standard InChI is InChI=1S/C17H8BrCl2F3N2O3/c18-8-1-3-10-11(5-8)15(27)25(14(10)26)7-24(16(28)17(21,22)23)9-2-4-12(19)13(20)6-9/h1-6H,7H2. The molecule has 3 rings (SSSR count). The maximum Gasteiger partial charge on any atom is 0.471 e. The smallest absolute Gasteiger partial charge is 0.286 e. The number of carbonyl (C=O) groups excluding carboxylic acids is 3. The van der Waals surface area contributed by atoms with E-state index in [1.54, 1.807) is 0 Å². The molecule has 0 aliphatic carbocycles. The van der Waals surface area contributed by atoms with E-state index in [9.17, 15) is 27.6 Å². The number of halogens is 6. The van der Waals surface area contributed by atoms with Gasteiger partial charge in [0.1, 0.15) is 6.67 Å². The lowest BCUT2D eigenvalue weighted by Crippen LogP contribution is -2.49. The third-order valence-electron chi connectivity index (χ3n) is 3.92. The molecule has 5 nitrogen and oxygen atoms in total. The molecule has 0 N–H and O–H groups in total. The molecule has 0 radical (unpaired) electrons. The van der Waals surface area contributed by atoms with E-state index in [1.165, 1.54) is 24.3 Å². The molecule has 0 saturated heterocycles. The van der Waals surface area contributed by atoms with Gasteiger partial charge < -0.3 is 0 Å². The van der Waals surface area contributed by atoms with Gasteiger partial charge in [0.05, 0.1) is 21.2 Å². The van der Waals surface area contributed by atoms with Crippen LogP contribution in [0.2, 0.25) is 10.0 Å². The number of amides is 3. The van der Waals surface area contributed by atoms with Gasteiger partial charge >= 0.3 is 12.1 Å². The van der Waals surface area contributed by atoms with E-state index >= 15 is 0 Å². The first-order valence-corrected chi connectivity index (χ1v) is 9.05. The zero-order chi connectivity index (χ0) is 20.8. The van der Waals surface area contributed by atoms with Gasteiger partial charge in [-0.05, 0) is 36.4 Å². The number of alkyl halides is 3. The van der Waals surface area contributed by atoms with Gasteiger partial charge in [-0.25, -0.2) is 0 Å². The molecule has 1 heterocycles. The Morgan fingerprint density at radius 2 is 1.64 bits per heavy atom. The summed E-state index contributed by atoms with van der Waals surface area (Å²) < 4.78 is 39.8. The Hall–Kier alpha value is -2.10. The Morgan fingerprint density at radius 1 is 1.00 bits per heavy atom. The molecule has 2 aromatic rings. The number of benzene rings is 2. The zero-order valence-corrected chi connectivity index (χ0v) is 16.7. The highest BCUT2D eigenvalue weighted by Crippen LogP contribution is 2.32. The van der Waals surface area contributed by atoms with Gasteiger partial charge in [-0.2, -0.15) is 13.2 Å². The highest BCUT2D eigenvalue weighted by molar-refractivity contribution is 9.10. The van der Waals surface area contributed by atoms with Crippen LogP contribution in [0.4, 0.5) is 18.9 Å². The number of rotatable bonds is 3. The maximum absolute atomic E-state index is 13.1. The van der Waals surface area contributed by atoms with Crippen molar-refractivity contribution in [1.82, 2.24) is 4.90 Å². The van der Waals surface area contributed by atoms with Crippen LogP contribution in [0.5, 0.6) is 0 Å². The van der Waals surface area contributed by atoms with Crippen molar-refractivity contribution in [2.45, 2.75) is 6.18 Å². The molecule has 0 fully saturated rings. The summed E-state index contributed by atoms with van der Waals surface area (Å²) in [5, 5.41) is -0.0270. The van der Waals surface area contributed by atoms with Gasteiger partial charge in [-0.15, -0.1) is 0 Å². The molecule has 3 amide bonds. The van der Waals surface area contributed by atoms with Crippen molar-refractivity contribution >= 4 is 62.5 Å². The van der Waals surface area contributed by atoms with Crippen molar-refractivity contribution in [2.24, 2.45) is 0 Å². The number of anilines is 1.